The molecule has 0 radical (unpaired) electrons. The Kier molecular flexibility index (Phi) is 3.44. The zero-order valence-corrected chi connectivity index (χ0v) is 9.68. The van der Waals surface area contributed by atoms with Crippen molar-refractivity contribution in [1.29, 1.82) is 0 Å². The molecule has 86 valence electrons. The molecule has 1 aromatic rings. The van der Waals surface area contributed by atoms with E-state index in [4.69, 9.17) is 0 Å². The minimum Gasteiger partial charge on any atom is -0.385 e. The molecule has 0 saturated heterocycles. The maximum Gasteiger partial charge on any atom is 0.216 e. The van der Waals surface area contributed by atoms with Crippen molar-refractivity contribution in [2.24, 2.45) is 0 Å². The van der Waals surface area contributed by atoms with Crippen molar-refractivity contribution in [2.75, 3.05) is 18.4 Å². The van der Waals surface area contributed by atoms with Gasteiger partial charge in [-0.1, -0.05) is 18.2 Å². The molecule has 0 aliphatic carbocycles. The number of fused-ring (bicyclic) bond motifs is 1. The third-order valence-electron chi connectivity index (χ3n) is 2.93. The van der Waals surface area contributed by atoms with E-state index in [2.05, 4.69) is 28.8 Å². The number of hydrogen-bond acceptors (Lipinski definition) is 2. The molecular weight excluding hydrogens is 200 g/mol. The van der Waals surface area contributed by atoms with Gasteiger partial charge in [-0.05, 0) is 30.4 Å². The lowest BCUT2D eigenvalue weighted by Gasteiger charge is -2.21. The lowest BCUT2D eigenvalue weighted by molar-refractivity contribution is -0.118. The Morgan fingerprint density at radius 3 is 3.19 bits per heavy atom. The molecule has 1 aliphatic rings. The summed E-state index contributed by atoms with van der Waals surface area (Å²) in [6.45, 7) is 3.33. The van der Waals surface area contributed by atoms with Crippen LogP contribution in [-0.4, -0.2) is 19.0 Å². The van der Waals surface area contributed by atoms with E-state index in [0.29, 0.717) is 6.54 Å². The molecule has 0 saturated carbocycles. The molecule has 0 atom stereocenters. The highest BCUT2D eigenvalue weighted by molar-refractivity contribution is 5.72. The van der Waals surface area contributed by atoms with Crippen LogP contribution in [-0.2, 0) is 17.6 Å². The first-order valence-corrected chi connectivity index (χ1v) is 5.86. The van der Waals surface area contributed by atoms with E-state index in [1.165, 1.54) is 23.2 Å². The highest BCUT2D eigenvalue weighted by atomic mass is 16.1. The first kappa shape index (κ1) is 11.0. The van der Waals surface area contributed by atoms with Gasteiger partial charge in [-0.2, -0.15) is 0 Å². The molecule has 1 amide bonds. The van der Waals surface area contributed by atoms with Crippen molar-refractivity contribution in [3.05, 3.63) is 29.3 Å². The minimum absolute atomic E-state index is 0.0396. The Morgan fingerprint density at radius 1 is 1.50 bits per heavy atom. The predicted molar refractivity (Wildman–Crippen MR) is 65.6 cm³/mol. The molecule has 2 N–H and O–H groups in total. The van der Waals surface area contributed by atoms with Crippen molar-refractivity contribution in [2.45, 2.75) is 26.2 Å². The van der Waals surface area contributed by atoms with E-state index in [1.807, 2.05) is 0 Å². The van der Waals surface area contributed by atoms with Gasteiger partial charge in [0, 0.05) is 25.7 Å². The zero-order chi connectivity index (χ0) is 11.4. The molecule has 2 rings (SSSR count). The fraction of sp³-hybridized carbons (Fsp3) is 0.462. The molecule has 0 unspecified atom stereocenters. The molecule has 3 heteroatoms. The van der Waals surface area contributed by atoms with Crippen LogP contribution >= 0.6 is 0 Å². The summed E-state index contributed by atoms with van der Waals surface area (Å²) >= 11 is 0. The fourth-order valence-corrected chi connectivity index (χ4v) is 2.16. The van der Waals surface area contributed by atoms with E-state index in [9.17, 15) is 4.79 Å². The molecule has 0 aromatic heterocycles. The second-order valence-electron chi connectivity index (χ2n) is 4.21. The number of rotatable bonds is 3. The second-order valence-corrected chi connectivity index (χ2v) is 4.21. The van der Waals surface area contributed by atoms with Crippen LogP contribution < -0.4 is 10.6 Å². The maximum absolute atomic E-state index is 10.8. The normalized spacial score (nSPS) is 13.8. The summed E-state index contributed by atoms with van der Waals surface area (Å²) in [5.74, 6) is 0.0396. The number of hydrogen-bond donors (Lipinski definition) is 2. The summed E-state index contributed by atoms with van der Waals surface area (Å²) in [6.07, 6.45) is 3.27. The first-order valence-electron chi connectivity index (χ1n) is 5.86. The van der Waals surface area contributed by atoms with Crippen molar-refractivity contribution in [1.82, 2.24) is 5.32 Å². The first-order chi connectivity index (χ1) is 7.77. The summed E-state index contributed by atoms with van der Waals surface area (Å²) in [5.41, 5.74) is 4.01. The van der Waals surface area contributed by atoms with E-state index >= 15 is 0 Å². The standard InChI is InChI=1S/C13H18N2O/c1-10(16)14-9-7-12-5-2-4-11-6-3-8-15-13(11)12/h2,4-5,15H,3,6-9H2,1H3,(H,14,16). The number of para-hydroxylation sites is 1. The van der Waals surface area contributed by atoms with Crippen LogP contribution in [0.3, 0.4) is 0 Å². The lowest BCUT2D eigenvalue weighted by Crippen LogP contribution is -2.23. The van der Waals surface area contributed by atoms with Gasteiger partial charge in [0.1, 0.15) is 0 Å². The van der Waals surface area contributed by atoms with Crippen LogP contribution in [0.15, 0.2) is 18.2 Å². The SMILES string of the molecule is CC(=O)NCCc1cccc2c1NCCC2. The van der Waals surface area contributed by atoms with Crippen molar-refractivity contribution in [3.8, 4) is 0 Å². The van der Waals surface area contributed by atoms with Gasteiger partial charge >= 0.3 is 0 Å². The van der Waals surface area contributed by atoms with E-state index in [-0.39, 0.29) is 5.91 Å². The van der Waals surface area contributed by atoms with Crippen LogP contribution in [0.5, 0.6) is 0 Å². The van der Waals surface area contributed by atoms with Gasteiger partial charge in [0.15, 0.2) is 0 Å². The van der Waals surface area contributed by atoms with E-state index < -0.39 is 0 Å². The van der Waals surface area contributed by atoms with Crippen molar-refractivity contribution >= 4 is 11.6 Å². The number of anilines is 1. The molecule has 1 aromatic carbocycles. The molecule has 3 nitrogen and oxygen atoms in total. The Hall–Kier alpha value is -1.51. The number of benzene rings is 1. The fourth-order valence-electron chi connectivity index (χ4n) is 2.16. The number of aryl methyl sites for hydroxylation is 1. The quantitative estimate of drug-likeness (QED) is 0.811. The number of carbonyl (C=O) groups excluding carboxylic acids is 1. The number of carbonyl (C=O) groups is 1. The van der Waals surface area contributed by atoms with Crippen LogP contribution in [0.1, 0.15) is 24.5 Å². The van der Waals surface area contributed by atoms with Gasteiger partial charge in [0.2, 0.25) is 5.91 Å². The predicted octanol–water partition coefficient (Wildman–Crippen LogP) is 1.72. The Balaban J connectivity index is 2.05. The molecular formula is C13H18N2O. The topological polar surface area (TPSA) is 41.1 Å². The summed E-state index contributed by atoms with van der Waals surface area (Å²) in [7, 11) is 0. The van der Waals surface area contributed by atoms with Crippen molar-refractivity contribution < 1.29 is 4.79 Å². The van der Waals surface area contributed by atoms with E-state index in [0.717, 1.165) is 19.4 Å². The largest absolute Gasteiger partial charge is 0.385 e. The zero-order valence-electron chi connectivity index (χ0n) is 9.68. The maximum atomic E-state index is 10.8. The number of amides is 1. The molecule has 0 fully saturated rings. The van der Waals surface area contributed by atoms with Gasteiger partial charge in [-0.25, -0.2) is 0 Å². The molecule has 0 spiro atoms. The number of nitrogens with one attached hydrogen (secondary N) is 2. The smallest absolute Gasteiger partial charge is 0.216 e. The van der Waals surface area contributed by atoms with E-state index in [1.54, 1.807) is 6.92 Å². The summed E-state index contributed by atoms with van der Waals surface area (Å²) in [4.78, 5) is 10.8. The highest BCUT2D eigenvalue weighted by Gasteiger charge is 2.11. The average molecular weight is 218 g/mol. The van der Waals surface area contributed by atoms with Gasteiger partial charge in [0.25, 0.3) is 0 Å². The monoisotopic (exact) mass is 218 g/mol. The van der Waals surface area contributed by atoms with Gasteiger partial charge in [-0.15, -0.1) is 0 Å². The van der Waals surface area contributed by atoms with Crippen LogP contribution in [0.25, 0.3) is 0 Å². The van der Waals surface area contributed by atoms with Gasteiger partial charge in [0.05, 0.1) is 0 Å². The molecule has 1 aliphatic heterocycles. The minimum atomic E-state index is 0.0396. The third-order valence-corrected chi connectivity index (χ3v) is 2.93. The average Bonchev–Trinajstić information content (AvgIpc) is 2.29. The molecule has 16 heavy (non-hydrogen) atoms. The Bertz CT molecular complexity index is 388. The lowest BCUT2D eigenvalue weighted by atomic mass is 9.98. The van der Waals surface area contributed by atoms with Crippen molar-refractivity contribution in [3.63, 3.8) is 0 Å². The van der Waals surface area contributed by atoms with Gasteiger partial charge in [-0.3, -0.25) is 4.79 Å². The Labute approximate surface area is 96.2 Å². The van der Waals surface area contributed by atoms with Crippen LogP contribution in [0, 0.1) is 0 Å². The Morgan fingerprint density at radius 2 is 2.38 bits per heavy atom. The summed E-state index contributed by atoms with van der Waals surface area (Å²) < 4.78 is 0. The summed E-state index contributed by atoms with van der Waals surface area (Å²) in [6, 6.07) is 6.43. The molecule has 0 bridgehead atoms. The third kappa shape index (κ3) is 2.54. The second kappa shape index (κ2) is 5.01. The van der Waals surface area contributed by atoms with Crippen LogP contribution in [0.2, 0.25) is 0 Å². The van der Waals surface area contributed by atoms with Crippen LogP contribution in [0.4, 0.5) is 5.69 Å². The summed E-state index contributed by atoms with van der Waals surface area (Å²) in [5, 5.41) is 6.29. The highest BCUT2D eigenvalue weighted by Crippen LogP contribution is 2.26. The van der Waals surface area contributed by atoms with Gasteiger partial charge < -0.3 is 10.6 Å². The molecule has 1 heterocycles.